The second-order valence-electron chi connectivity index (χ2n) is 3.37. The van der Waals surface area contributed by atoms with Crippen LogP contribution in [0.4, 0.5) is 5.82 Å². The highest BCUT2D eigenvalue weighted by molar-refractivity contribution is 7.98. The second-order valence-corrected chi connectivity index (χ2v) is 4.37. The molecule has 6 heteroatoms. The highest BCUT2D eigenvalue weighted by Gasteiger charge is 2.04. The van der Waals surface area contributed by atoms with Crippen LogP contribution in [0.3, 0.4) is 0 Å². The third-order valence-corrected chi connectivity index (χ3v) is 3.09. The summed E-state index contributed by atoms with van der Waals surface area (Å²) in [5.41, 5.74) is 2.55. The molecule has 0 aromatic carbocycles. The topological polar surface area (TPSA) is 77.0 Å². The quantitative estimate of drug-likeness (QED) is 0.367. The van der Waals surface area contributed by atoms with E-state index < -0.39 is 0 Å². The zero-order valence-corrected chi connectivity index (χ0v) is 10.3. The molecule has 0 radical (unpaired) electrons. The average molecular weight is 250 g/mol. The fraction of sp³-hybridized carbons (Fsp3) is 0.273. The van der Waals surface area contributed by atoms with E-state index >= 15 is 0 Å². The Balaban J connectivity index is 2.09. The number of hydrazine groups is 1. The SMILES string of the molecule is CCc1nc(NN)cc(SCc2ccco2)n1. The Bertz CT molecular complexity index is 450. The standard InChI is InChI=1S/C11H14N4OS/c1-2-9-13-10(15-12)6-11(14-9)17-7-8-4-3-5-16-8/h3-6H,2,7,12H2,1H3,(H,13,14,15). The van der Waals surface area contributed by atoms with E-state index in [9.17, 15) is 0 Å². The predicted molar refractivity (Wildman–Crippen MR) is 67.5 cm³/mol. The molecular weight excluding hydrogens is 236 g/mol. The number of nitrogens with zero attached hydrogens (tertiary/aromatic N) is 2. The van der Waals surface area contributed by atoms with Gasteiger partial charge in [0.25, 0.3) is 0 Å². The van der Waals surface area contributed by atoms with Crippen LogP contribution in [0.25, 0.3) is 0 Å². The molecule has 17 heavy (non-hydrogen) atoms. The number of furan rings is 1. The van der Waals surface area contributed by atoms with Gasteiger partial charge in [0.15, 0.2) is 0 Å². The van der Waals surface area contributed by atoms with Gasteiger partial charge < -0.3 is 9.84 Å². The van der Waals surface area contributed by atoms with E-state index in [4.69, 9.17) is 10.3 Å². The molecule has 0 amide bonds. The lowest BCUT2D eigenvalue weighted by Gasteiger charge is -2.05. The van der Waals surface area contributed by atoms with Gasteiger partial charge in [0.2, 0.25) is 0 Å². The molecule has 2 aromatic rings. The summed E-state index contributed by atoms with van der Waals surface area (Å²) in [4.78, 5) is 8.65. The first-order chi connectivity index (χ1) is 8.31. The number of hydrogen-bond acceptors (Lipinski definition) is 6. The van der Waals surface area contributed by atoms with Gasteiger partial charge in [0, 0.05) is 12.5 Å². The molecule has 0 atom stereocenters. The molecule has 2 rings (SSSR count). The Labute approximate surface area is 104 Å². The summed E-state index contributed by atoms with van der Waals surface area (Å²) in [6.45, 7) is 2.01. The van der Waals surface area contributed by atoms with Crippen molar-refractivity contribution in [3.63, 3.8) is 0 Å². The van der Waals surface area contributed by atoms with Crippen LogP contribution in [0, 0.1) is 0 Å². The lowest BCUT2D eigenvalue weighted by molar-refractivity contribution is 0.530. The van der Waals surface area contributed by atoms with E-state index in [1.165, 1.54) is 0 Å². The molecule has 0 bridgehead atoms. The summed E-state index contributed by atoms with van der Waals surface area (Å²) < 4.78 is 5.26. The molecule has 3 N–H and O–H groups in total. The van der Waals surface area contributed by atoms with Crippen molar-refractivity contribution in [1.29, 1.82) is 0 Å². The van der Waals surface area contributed by atoms with Crippen LogP contribution in [0.1, 0.15) is 18.5 Å². The van der Waals surface area contributed by atoms with Crippen LogP contribution in [-0.4, -0.2) is 9.97 Å². The first-order valence-corrected chi connectivity index (χ1v) is 6.30. The van der Waals surface area contributed by atoms with Gasteiger partial charge in [-0.05, 0) is 12.1 Å². The van der Waals surface area contributed by atoms with E-state index in [1.807, 2.05) is 25.1 Å². The van der Waals surface area contributed by atoms with E-state index in [1.54, 1.807) is 18.0 Å². The summed E-state index contributed by atoms with van der Waals surface area (Å²) in [5, 5.41) is 0.890. The third-order valence-electron chi connectivity index (χ3n) is 2.16. The molecule has 0 fully saturated rings. The van der Waals surface area contributed by atoms with Gasteiger partial charge in [-0.1, -0.05) is 18.7 Å². The average Bonchev–Trinajstić information content (AvgIpc) is 2.89. The fourth-order valence-electron chi connectivity index (χ4n) is 1.32. The van der Waals surface area contributed by atoms with E-state index in [0.717, 1.165) is 28.8 Å². The van der Waals surface area contributed by atoms with Gasteiger partial charge in [-0.3, -0.25) is 0 Å². The van der Waals surface area contributed by atoms with Crippen LogP contribution in [0.5, 0.6) is 0 Å². The summed E-state index contributed by atoms with van der Waals surface area (Å²) in [7, 11) is 0. The van der Waals surface area contributed by atoms with E-state index in [0.29, 0.717) is 5.82 Å². The van der Waals surface area contributed by atoms with Gasteiger partial charge in [-0.2, -0.15) is 0 Å². The van der Waals surface area contributed by atoms with Crippen LogP contribution in [0.15, 0.2) is 33.9 Å². The molecular formula is C11H14N4OS. The summed E-state index contributed by atoms with van der Waals surface area (Å²) in [5.74, 6) is 8.45. The number of anilines is 1. The molecule has 5 nitrogen and oxygen atoms in total. The number of hydrogen-bond donors (Lipinski definition) is 2. The number of aromatic nitrogens is 2. The van der Waals surface area contributed by atoms with Gasteiger partial charge >= 0.3 is 0 Å². The Kier molecular flexibility index (Phi) is 4.00. The fourth-order valence-corrected chi connectivity index (χ4v) is 2.14. The van der Waals surface area contributed by atoms with Crippen LogP contribution in [-0.2, 0) is 12.2 Å². The highest BCUT2D eigenvalue weighted by atomic mass is 32.2. The number of aryl methyl sites for hydroxylation is 1. The molecule has 0 unspecified atom stereocenters. The zero-order valence-electron chi connectivity index (χ0n) is 9.51. The maximum absolute atomic E-state index is 5.36. The van der Waals surface area contributed by atoms with E-state index in [-0.39, 0.29) is 0 Å². The normalized spacial score (nSPS) is 10.5. The largest absolute Gasteiger partial charge is 0.468 e. The minimum Gasteiger partial charge on any atom is -0.468 e. The van der Waals surface area contributed by atoms with Crippen molar-refractivity contribution in [2.75, 3.05) is 5.43 Å². The highest BCUT2D eigenvalue weighted by Crippen LogP contribution is 2.23. The van der Waals surface area contributed by atoms with Crippen molar-refractivity contribution in [3.8, 4) is 0 Å². The first kappa shape index (κ1) is 11.9. The lowest BCUT2D eigenvalue weighted by Crippen LogP contribution is -2.10. The smallest absolute Gasteiger partial charge is 0.144 e. The van der Waals surface area contributed by atoms with Crippen molar-refractivity contribution >= 4 is 17.6 Å². The van der Waals surface area contributed by atoms with Crippen LogP contribution < -0.4 is 11.3 Å². The van der Waals surface area contributed by atoms with Crippen LogP contribution >= 0.6 is 11.8 Å². The van der Waals surface area contributed by atoms with Crippen LogP contribution in [0.2, 0.25) is 0 Å². The van der Waals surface area contributed by atoms with Gasteiger partial charge in [-0.25, -0.2) is 15.8 Å². The monoisotopic (exact) mass is 250 g/mol. The van der Waals surface area contributed by atoms with Crippen molar-refractivity contribution in [2.24, 2.45) is 5.84 Å². The Hall–Kier alpha value is -1.53. The summed E-state index contributed by atoms with van der Waals surface area (Å²) >= 11 is 1.60. The maximum atomic E-state index is 5.36. The third kappa shape index (κ3) is 3.21. The molecule has 0 aliphatic carbocycles. The Morgan fingerprint density at radius 3 is 3.00 bits per heavy atom. The van der Waals surface area contributed by atoms with Gasteiger partial charge in [0.1, 0.15) is 22.4 Å². The Morgan fingerprint density at radius 1 is 1.47 bits per heavy atom. The van der Waals surface area contributed by atoms with Gasteiger partial charge in [0.05, 0.1) is 12.0 Å². The molecule has 2 heterocycles. The number of nitrogens with two attached hydrogens (primary N) is 1. The minimum absolute atomic E-state index is 0.638. The number of rotatable bonds is 5. The zero-order chi connectivity index (χ0) is 12.1. The van der Waals surface area contributed by atoms with E-state index in [2.05, 4.69) is 15.4 Å². The molecule has 0 saturated heterocycles. The molecule has 0 aliphatic rings. The molecule has 90 valence electrons. The second kappa shape index (κ2) is 5.70. The maximum Gasteiger partial charge on any atom is 0.144 e. The molecule has 0 saturated carbocycles. The number of nitrogens with one attached hydrogen (secondary N) is 1. The minimum atomic E-state index is 0.638. The summed E-state index contributed by atoms with van der Waals surface area (Å²) in [6, 6.07) is 5.64. The lowest BCUT2D eigenvalue weighted by atomic mass is 10.4. The number of nitrogen functional groups attached to an aromatic ring is 1. The van der Waals surface area contributed by atoms with Crippen molar-refractivity contribution in [3.05, 3.63) is 36.0 Å². The molecule has 0 aliphatic heterocycles. The first-order valence-electron chi connectivity index (χ1n) is 5.31. The molecule has 0 spiro atoms. The predicted octanol–water partition coefficient (Wildman–Crippen LogP) is 2.21. The Morgan fingerprint density at radius 2 is 2.35 bits per heavy atom. The van der Waals surface area contributed by atoms with Crippen molar-refractivity contribution in [1.82, 2.24) is 9.97 Å². The summed E-state index contributed by atoms with van der Waals surface area (Å²) in [6.07, 6.45) is 2.45. The van der Waals surface area contributed by atoms with Crippen molar-refractivity contribution in [2.45, 2.75) is 24.1 Å². The van der Waals surface area contributed by atoms with Gasteiger partial charge in [-0.15, -0.1) is 0 Å². The number of thioether (sulfide) groups is 1. The molecule has 2 aromatic heterocycles. The van der Waals surface area contributed by atoms with Crippen molar-refractivity contribution < 1.29 is 4.42 Å².